The molecule has 4 aromatic heterocycles. The molecule has 0 aliphatic heterocycles. The van der Waals surface area contributed by atoms with Gasteiger partial charge in [-0.05, 0) is 66.8 Å². The summed E-state index contributed by atoms with van der Waals surface area (Å²) in [6, 6.07) is 8.19. The summed E-state index contributed by atoms with van der Waals surface area (Å²) in [5, 5.41) is 15.2. The van der Waals surface area contributed by atoms with Crippen LogP contribution in [0.5, 0.6) is 5.19 Å². The summed E-state index contributed by atoms with van der Waals surface area (Å²) in [4.78, 5) is 13.9. The summed E-state index contributed by atoms with van der Waals surface area (Å²) in [7, 11) is 0. The van der Waals surface area contributed by atoms with Gasteiger partial charge in [0.25, 0.3) is 5.19 Å². The van der Waals surface area contributed by atoms with Gasteiger partial charge in [-0.15, -0.1) is 5.10 Å². The predicted molar refractivity (Wildman–Crippen MR) is 129 cm³/mol. The molecular weight excluding hydrogens is 448 g/mol. The molecule has 0 amide bonds. The fourth-order valence-corrected chi connectivity index (χ4v) is 5.25. The van der Waals surface area contributed by atoms with Gasteiger partial charge in [0, 0.05) is 35.3 Å². The van der Waals surface area contributed by atoms with Gasteiger partial charge in [0.2, 0.25) is 0 Å². The van der Waals surface area contributed by atoms with E-state index in [0.29, 0.717) is 5.92 Å². The number of aromatic nitrogens is 8. The minimum atomic E-state index is 0.193. The molecule has 1 aliphatic rings. The number of ether oxygens (including phenoxy) is 1. The van der Waals surface area contributed by atoms with Crippen molar-refractivity contribution in [1.82, 2.24) is 39.7 Å². The number of benzene rings is 1. The minimum absolute atomic E-state index is 0.193. The van der Waals surface area contributed by atoms with Crippen LogP contribution in [0.2, 0.25) is 0 Å². The molecule has 1 aromatic carbocycles. The van der Waals surface area contributed by atoms with E-state index in [1.807, 2.05) is 30.0 Å². The van der Waals surface area contributed by atoms with Gasteiger partial charge in [0.15, 0.2) is 5.82 Å². The second-order valence-electron chi connectivity index (χ2n) is 8.53. The van der Waals surface area contributed by atoms with Gasteiger partial charge in [0.05, 0.1) is 22.6 Å². The molecule has 0 spiro atoms. The summed E-state index contributed by atoms with van der Waals surface area (Å²) >= 11 is 1.55. The quantitative estimate of drug-likeness (QED) is 0.358. The molecule has 0 radical (unpaired) electrons. The highest BCUT2D eigenvalue weighted by Crippen LogP contribution is 2.34. The normalized spacial score (nSPS) is 18.4. The van der Waals surface area contributed by atoms with Crippen LogP contribution < -0.4 is 4.74 Å². The van der Waals surface area contributed by atoms with Crippen molar-refractivity contribution >= 4 is 22.2 Å². The molecule has 34 heavy (non-hydrogen) atoms. The van der Waals surface area contributed by atoms with E-state index < -0.39 is 0 Å². The molecule has 4 heterocycles. The van der Waals surface area contributed by atoms with Crippen LogP contribution in [0.4, 0.5) is 0 Å². The monoisotopic (exact) mass is 472 g/mol. The van der Waals surface area contributed by atoms with Gasteiger partial charge in [-0.3, -0.25) is 9.97 Å². The van der Waals surface area contributed by atoms with Crippen LogP contribution in [0.15, 0.2) is 54.6 Å². The molecule has 172 valence electrons. The molecule has 0 unspecified atom stereocenters. The SMILES string of the molecule is CCc1cnc(C2CCC(Oc3nc(-n4ccc5cc(-n6cnnn6)ccc54)cs3)CC2)cn1. The first-order chi connectivity index (χ1) is 16.8. The van der Waals surface area contributed by atoms with Crippen molar-refractivity contribution in [2.24, 2.45) is 0 Å². The minimum Gasteiger partial charge on any atom is -0.467 e. The van der Waals surface area contributed by atoms with Crippen molar-refractivity contribution in [2.45, 2.75) is 51.0 Å². The molecule has 0 saturated heterocycles. The van der Waals surface area contributed by atoms with E-state index in [1.54, 1.807) is 22.3 Å². The van der Waals surface area contributed by atoms with Crippen molar-refractivity contribution in [3.05, 3.63) is 66.0 Å². The zero-order valence-electron chi connectivity index (χ0n) is 18.8. The second-order valence-corrected chi connectivity index (χ2v) is 9.35. The lowest BCUT2D eigenvalue weighted by Crippen LogP contribution is -2.23. The lowest BCUT2D eigenvalue weighted by atomic mass is 9.85. The number of fused-ring (bicyclic) bond motifs is 1. The average molecular weight is 473 g/mol. The van der Waals surface area contributed by atoms with Gasteiger partial charge in [-0.25, -0.2) is 4.68 Å². The average Bonchev–Trinajstić information content (AvgIpc) is 3.65. The van der Waals surface area contributed by atoms with Crippen molar-refractivity contribution in [2.75, 3.05) is 0 Å². The maximum atomic E-state index is 6.27. The third kappa shape index (κ3) is 4.05. The van der Waals surface area contributed by atoms with Crippen LogP contribution in [0, 0.1) is 0 Å². The lowest BCUT2D eigenvalue weighted by molar-refractivity contribution is 0.145. The molecular formula is C24H24N8OS. The zero-order chi connectivity index (χ0) is 22.9. The van der Waals surface area contributed by atoms with E-state index >= 15 is 0 Å². The molecule has 6 rings (SSSR count). The molecule has 1 aliphatic carbocycles. The Kier molecular flexibility index (Phi) is 5.50. The Balaban J connectivity index is 1.12. The van der Waals surface area contributed by atoms with Crippen LogP contribution in [-0.2, 0) is 6.42 Å². The van der Waals surface area contributed by atoms with Crippen molar-refractivity contribution in [1.29, 1.82) is 0 Å². The number of aryl methyl sites for hydroxylation is 1. The van der Waals surface area contributed by atoms with Gasteiger partial charge >= 0.3 is 0 Å². The van der Waals surface area contributed by atoms with Crippen molar-refractivity contribution in [3.8, 4) is 16.7 Å². The highest BCUT2D eigenvalue weighted by Gasteiger charge is 2.25. The van der Waals surface area contributed by atoms with E-state index in [-0.39, 0.29) is 6.10 Å². The van der Waals surface area contributed by atoms with E-state index in [4.69, 9.17) is 9.72 Å². The van der Waals surface area contributed by atoms with Crippen LogP contribution in [0.1, 0.15) is 49.9 Å². The lowest BCUT2D eigenvalue weighted by Gasteiger charge is -2.27. The Bertz CT molecular complexity index is 1380. The first-order valence-corrected chi connectivity index (χ1v) is 12.4. The van der Waals surface area contributed by atoms with Crippen molar-refractivity contribution in [3.63, 3.8) is 0 Å². The molecule has 0 bridgehead atoms. The van der Waals surface area contributed by atoms with Gasteiger partial charge < -0.3 is 9.30 Å². The molecule has 1 fully saturated rings. The molecule has 1 saturated carbocycles. The first kappa shape index (κ1) is 20.9. The zero-order valence-corrected chi connectivity index (χ0v) is 19.6. The Labute approximate surface area is 200 Å². The maximum absolute atomic E-state index is 6.27. The summed E-state index contributed by atoms with van der Waals surface area (Å²) < 4.78 is 9.99. The number of hydrogen-bond donors (Lipinski definition) is 0. The highest BCUT2D eigenvalue weighted by molar-refractivity contribution is 7.11. The number of nitrogens with zero attached hydrogens (tertiary/aromatic N) is 8. The van der Waals surface area contributed by atoms with Crippen molar-refractivity contribution < 1.29 is 4.74 Å². The summed E-state index contributed by atoms with van der Waals surface area (Å²) in [6.07, 6.45) is 12.7. The third-order valence-electron chi connectivity index (χ3n) is 6.45. The smallest absolute Gasteiger partial charge is 0.275 e. The highest BCUT2D eigenvalue weighted by atomic mass is 32.1. The fraction of sp³-hybridized carbons (Fsp3) is 0.333. The molecule has 10 heteroatoms. The molecule has 0 atom stereocenters. The summed E-state index contributed by atoms with van der Waals surface area (Å²) in [5.41, 5.74) is 4.14. The Morgan fingerprint density at radius 2 is 2.00 bits per heavy atom. The van der Waals surface area contributed by atoms with Crippen LogP contribution in [-0.4, -0.2) is 45.8 Å². The van der Waals surface area contributed by atoms with Gasteiger partial charge in [-0.2, -0.15) is 4.98 Å². The molecule has 0 N–H and O–H groups in total. The fourth-order valence-electron chi connectivity index (χ4n) is 4.54. The third-order valence-corrected chi connectivity index (χ3v) is 7.17. The van der Waals surface area contributed by atoms with Crippen LogP contribution in [0.3, 0.4) is 0 Å². The second kappa shape index (κ2) is 8.94. The molecule has 5 aromatic rings. The van der Waals surface area contributed by atoms with E-state index in [2.05, 4.69) is 55.2 Å². The van der Waals surface area contributed by atoms with E-state index in [1.165, 1.54) is 0 Å². The number of tetrazole rings is 1. The van der Waals surface area contributed by atoms with E-state index in [9.17, 15) is 0 Å². The first-order valence-electron chi connectivity index (χ1n) is 11.5. The largest absolute Gasteiger partial charge is 0.467 e. The number of hydrogen-bond acceptors (Lipinski definition) is 8. The van der Waals surface area contributed by atoms with Gasteiger partial charge in [-0.1, -0.05) is 18.3 Å². The standard InChI is InChI=1S/C24H24N8OS/c1-2-18-12-26-21(13-25-18)16-3-6-20(7-4-16)33-24-28-23(14-34-24)31-10-9-17-11-19(5-8-22(17)31)32-15-27-29-30-32/h5,8-16,20H,2-4,6-7H2,1H3. The summed E-state index contributed by atoms with van der Waals surface area (Å²) in [6.45, 7) is 2.10. The number of thiazole rings is 1. The number of rotatable bonds is 6. The Morgan fingerprint density at radius 1 is 1.09 bits per heavy atom. The van der Waals surface area contributed by atoms with Crippen LogP contribution in [0.25, 0.3) is 22.4 Å². The van der Waals surface area contributed by atoms with E-state index in [0.717, 1.165) is 71.1 Å². The topological polar surface area (TPSA) is 96.4 Å². The van der Waals surface area contributed by atoms with Crippen LogP contribution >= 0.6 is 11.3 Å². The summed E-state index contributed by atoms with van der Waals surface area (Å²) in [5.74, 6) is 1.33. The maximum Gasteiger partial charge on any atom is 0.275 e. The molecule has 9 nitrogen and oxygen atoms in total. The Hall–Kier alpha value is -3.66. The Morgan fingerprint density at radius 3 is 2.76 bits per heavy atom. The predicted octanol–water partition coefficient (Wildman–Crippen LogP) is 4.52. The van der Waals surface area contributed by atoms with Gasteiger partial charge in [0.1, 0.15) is 12.4 Å².